The molecule has 2 aliphatic rings. The largest absolute Gasteiger partial charge is 0.497 e. The topological polar surface area (TPSA) is 79.1 Å². The van der Waals surface area contributed by atoms with Gasteiger partial charge in [0.15, 0.2) is 0 Å². The predicted octanol–water partition coefficient (Wildman–Crippen LogP) is 3.77. The zero-order valence-corrected chi connectivity index (χ0v) is 21.4. The summed E-state index contributed by atoms with van der Waals surface area (Å²) in [5.74, 6) is 1.18. The van der Waals surface area contributed by atoms with E-state index in [1.165, 1.54) is 22.4 Å². The summed E-state index contributed by atoms with van der Waals surface area (Å²) in [6.07, 6.45) is 5.36. The third-order valence-electron chi connectivity index (χ3n) is 7.08. The van der Waals surface area contributed by atoms with Gasteiger partial charge in [0.05, 0.1) is 7.11 Å². The van der Waals surface area contributed by atoms with Crippen LogP contribution in [0.1, 0.15) is 36.8 Å². The fourth-order valence-corrected chi connectivity index (χ4v) is 4.81. The number of rotatable bonds is 7. The van der Waals surface area contributed by atoms with Crippen molar-refractivity contribution in [2.45, 2.75) is 38.6 Å². The van der Waals surface area contributed by atoms with Crippen molar-refractivity contribution in [2.75, 3.05) is 47.4 Å². The summed E-state index contributed by atoms with van der Waals surface area (Å²) in [5, 5.41) is 0. The highest BCUT2D eigenvalue weighted by Gasteiger charge is 2.44. The first-order valence-corrected chi connectivity index (χ1v) is 12.4. The van der Waals surface area contributed by atoms with Crippen LogP contribution in [-0.2, 0) is 17.8 Å². The van der Waals surface area contributed by atoms with Crippen LogP contribution in [-0.4, -0.2) is 74.0 Å². The molecule has 7 nitrogen and oxygen atoms in total. The van der Waals surface area contributed by atoms with E-state index in [-0.39, 0.29) is 5.41 Å². The van der Waals surface area contributed by atoms with Gasteiger partial charge in [0.2, 0.25) is 5.91 Å². The number of piperidine rings is 1. The Morgan fingerprint density at radius 2 is 1.66 bits per heavy atom. The zero-order chi connectivity index (χ0) is 25.3. The summed E-state index contributed by atoms with van der Waals surface area (Å²) < 4.78 is 5.23. The summed E-state index contributed by atoms with van der Waals surface area (Å²) in [5.41, 5.74) is 7.52. The second kappa shape index (κ2) is 12.6. The molecule has 4 rings (SSSR count). The van der Waals surface area contributed by atoms with Gasteiger partial charge in [0.1, 0.15) is 5.75 Å². The van der Waals surface area contributed by atoms with Crippen molar-refractivity contribution in [1.82, 2.24) is 14.7 Å². The van der Waals surface area contributed by atoms with Crippen LogP contribution in [0.4, 0.5) is 4.79 Å². The molecule has 1 spiro atoms. The van der Waals surface area contributed by atoms with Crippen LogP contribution >= 0.6 is 0 Å². The number of ether oxygens (including phenoxy) is 1. The maximum Gasteiger partial charge on any atom is 0.314 e. The summed E-state index contributed by atoms with van der Waals surface area (Å²) in [7, 11) is 4.88. The number of carbonyl (C=O) groups is 2. The van der Waals surface area contributed by atoms with Crippen LogP contribution in [0.2, 0.25) is 0 Å². The molecule has 0 aliphatic carbocycles. The lowest BCUT2D eigenvalue weighted by molar-refractivity contribution is -0.128. The van der Waals surface area contributed by atoms with Crippen molar-refractivity contribution in [1.29, 1.82) is 0 Å². The number of methoxy groups -OCH3 is 1. The van der Waals surface area contributed by atoms with Crippen LogP contribution in [0.5, 0.6) is 5.75 Å². The lowest BCUT2D eigenvalue weighted by atomic mass is 9.77. The lowest BCUT2D eigenvalue weighted by Gasteiger charge is -2.38. The van der Waals surface area contributed by atoms with Gasteiger partial charge in [-0.15, -0.1) is 0 Å². The van der Waals surface area contributed by atoms with Gasteiger partial charge in [-0.2, -0.15) is 0 Å². The van der Waals surface area contributed by atoms with Gasteiger partial charge >= 0.3 is 6.03 Å². The Morgan fingerprint density at radius 1 is 1.03 bits per heavy atom. The SMILES string of the molecule is CN(C)C(N)=O.COc1ccc(CN2CC3(CCN(CCCc4ccccc4)CC3)CC2=O)cc1. The molecule has 0 radical (unpaired) electrons. The molecule has 2 aromatic carbocycles. The van der Waals surface area contributed by atoms with E-state index in [4.69, 9.17) is 10.5 Å². The van der Waals surface area contributed by atoms with Crippen LogP contribution in [0.15, 0.2) is 54.6 Å². The molecule has 2 N–H and O–H groups in total. The van der Waals surface area contributed by atoms with Gasteiger partial charge in [-0.1, -0.05) is 42.5 Å². The van der Waals surface area contributed by atoms with Gasteiger partial charge in [0, 0.05) is 33.6 Å². The fourth-order valence-electron chi connectivity index (χ4n) is 4.81. The van der Waals surface area contributed by atoms with Crippen LogP contribution in [0.3, 0.4) is 0 Å². The maximum atomic E-state index is 12.7. The number of carbonyl (C=O) groups excluding carboxylic acids is 2. The van der Waals surface area contributed by atoms with Crippen LogP contribution < -0.4 is 10.5 Å². The van der Waals surface area contributed by atoms with E-state index in [0.29, 0.717) is 12.5 Å². The minimum atomic E-state index is -0.407. The Hall–Kier alpha value is -3.06. The summed E-state index contributed by atoms with van der Waals surface area (Å²) in [4.78, 5) is 28.5. The van der Waals surface area contributed by atoms with E-state index in [0.717, 1.165) is 57.6 Å². The van der Waals surface area contributed by atoms with E-state index in [1.807, 2.05) is 12.1 Å². The first kappa shape index (κ1) is 26.5. The average Bonchev–Trinajstić information content (AvgIpc) is 3.16. The van der Waals surface area contributed by atoms with E-state index in [1.54, 1.807) is 21.2 Å². The Bertz CT molecular complexity index is 938. The highest BCUT2D eigenvalue weighted by atomic mass is 16.5. The maximum absolute atomic E-state index is 12.7. The van der Waals surface area contributed by atoms with Gasteiger partial charge in [0.25, 0.3) is 0 Å². The zero-order valence-electron chi connectivity index (χ0n) is 21.4. The smallest absolute Gasteiger partial charge is 0.314 e. The number of nitrogens with zero attached hydrogens (tertiary/aromatic N) is 3. The van der Waals surface area contributed by atoms with Crippen molar-refractivity contribution in [3.63, 3.8) is 0 Å². The molecule has 2 aliphatic heterocycles. The number of likely N-dealkylation sites (tertiary alicyclic amines) is 2. The number of hydrogen-bond donors (Lipinski definition) is 1. The van der Waals surface area contributed by atoms with Gasteiger partial charge < -0.3 is 25.2 Å². The number of hydrogen-bond acceptors (Lipinski definition) is 4. The minimum Gasteiger partial charge on any atom is -0.497 e. The minimum absolute atomic E-state index is 0.194. The number of urea groups is 1. The number of aryl methyl sites for hydroxylation is 1. The number of nitrogens with two attached hydrogens (primary N) is 1. The summed E-state index contributed by atoms with van der Waals surface area (Å²) in [6.45, 7) is 5.03. The van der Waals surface area contributed by atoms with Crippen LogP contribution in [0.25, 0.3) is 0 Å². The fraction of sp³-hybridized carbons (Fsp3) is 0.500. The first-order valence-electron chi connectivity index (χ1n) is 12.4. The molecule has 2 aromatic rings. The molecule has 0 aromatic heterocycles. The second-order valence-corrected chi connectivity index (χ2v) is 9.94. The molecule has 3 amide bonds. The molecule has 7 heteroatoms. The normalized spacial score (nSPS) is 17.1. The number of primary amides is 1. The van der Waals surface area contributed by atoms with Crippen molar-refractivity contribution >= 4 is 11.9 Å². The number of benzene rings is 2. The van der Waals surface area contributed by atoms with E-state index >= 15 is 0 Å². The molecule has 35 heavy (non-hydrogen) atoms. The lowest BCUT2D eigenvalue weighted by Crippen LogP contribution is -2.41. The highest BCUT2D eigenvalue weighted by Crippen LogP contribution is 2.41. The van der Waals surface area contributed by atoms with E-state index in [2.05, 4.69) is 52.3 Å². The Balaban J connectivity index is 0.000000509. The molecule has 2 saturated heterocycles. The molecule has 0 unspecified atom stereocenters. The molecule has 190 valence electrons. The van der Waals surface area contributed by atoms with E-state index in [9.17, 15) is 9.59 Å². The molecule has 0 atom stereocenters. The van der Waals surface area contributed by atoms with Crippen LogP contribution in [0, 0.1) is 5.41 Å². The Labute approximate surface area is 209 Å². The average molecular weight is 481 g/mol. The quantitative estimate of drug-likeness (QED) is 0.654. The standard InChI is InChI=1S/C25H32N2O2.C3H8N2O/c1-29-23-11-9-22(10-12-23)19-27-20-25(18-24(27)28)13-16-26(17-14-25)15-5-8-21-6-3-2-4-7-21;1-5(2)3(4)6/h2-4,6-7,9-12H,5,8,13-20H2,1H3;1-2H3,(H2,4,6). The monoisotopic (exact) mass is 480 g/mol. The predicted molar refractivity (Wildman–Crippen MR) is 139 cm³/mol. The molecule has 2 heterocycles. The van der Waals surface area contributed by atoms with Gasteiger partial charge in [-0.25, -0.2) is 4.79 Å². The Kier molecular flexibility index (Phi) is 9.55. The third-order valence-corrected chi connectivity index (χ3v) is 7.08. The second-order valence-electron chi connectivity index (χ2n) is 9.94. The van der Waals surface area contributed by atoms with Crippen molar-refractivity contribution in [3.8, 4) is 5.75 Å². The van der Waals surface area contributed by atoms with Crippen molar-refractivity contribution < 1.29 is 14.3 Å². The molecule has 0 bridgehead atoms. The third kappa shape index (κ3) is 7.99. The molecule has 0 saturated carbocycles. The highest BCUT2D eigenvalue weighted by molar-refractivity contribution is 5.79. The number of amides is 3. The molecular weight excluding hydrogens is 440 g/mol. The molecule has 2 fully saturated rings. The Morgan fingerprint density at radius 3 is 2.23 bits per heavy atom. The van der Waals surface area contributed by atoms with Gasteiger partial charge in [-0.3, -0.25) is 4.79 Å². The summed E-state index contributed by atoms with van der Waals surface area (Å²) >= 11 is 0. The molecular formula is C28H40N4O3. The van der Waals surface area contributed by atoms with Crippen molar-refractivity contribution in [3.05, 3.63) is 65.7 Å². The van der Waals surface area contributed by atoms with Gasteiger partial charge in [-0.05, 0) is 74.0 Å². The van der Waals surface area contributed by atoms with E-state index < -0.39 is 6.03 Å². The first-order chi connectivity index (χ1) is 16.8. The summed E-state index contributed by atoms with van der Waals surface area (Å²) in [6, 6.07) is 18.4. The van der Waals surface area contributed by atoms with Crippen molar-refractivity contribution in [2.24, 2.45) is 11.1 Å².